The quantitative estimate of drug-likeness (QED) is 0.103. The monoisotopic (exact) mass is 649 g/mol. The van der Waals surface area contributed by atoms with Crippen LogP contribution in [0, 0.1) is 13.8 Å². The minimum absolute atomic E-state index is 0.101. The van der Waals surface area contributed by atoms with Crippen molar-refractivity contribution in [1.29, 1.82) is 0 Å². The van der Waals surface area contributed by atoms with E-state index in [0.29, 0.717) is 38.4 Å². The zero-order chi connectivity index (χ0) is 31.8. The molecule has 3 aromatic heterocycles. The SMILES string of the molecule is Cc1ccc2nc(SCC(=O)Nc3ccc(-c4nc5cc(NC(=O)CSc6nc7ccc(C)cc7[nH]6)ccc5o4)c(O)c3)[nH]c2c1. The van der Waals surface area contributed by atoms with E-state index in [1.54, 1.807) is 30.3 Å². The largest absolute Gasteiger partial charge is 0.507 e. The van der Waals surface area contributed by atoms with E-state index in [2.05, 4.69) is 35.6 Å². The van der Waals surface area contributed by atoms with E-state index in [9.17, 15) is 14.7 Å². The number of carbonyl (C=O) groups excluding carboxylic acids is 2. The number of rotatable bonds is 9. The van der Waals surface area contributed by atoms with Gasteiger partial charge < -0.3 is 30.1 Å². The summed E-state index contributed by atoms with van der Waals surface area (Å²) in [5, 5.41) is 17.8. The Hall–Kier alpha value is -5.27. The third-order valence-corrected chi connectivity index (χ3v) is 8.84. The summed E-state index contributed by atoms with van der Waals surface area (Å²) in [6, 6.07) is 21.8. The molecule has 0 atom stereocenters. The number of hydrogen-bond donors (Lipinski definition) is 5. The topological polar surface area (TPSA) is 162 Å². The zero-order valence-electron chi connectivity index (χ0n) is 24.7. The molecule has 0 aliphatic rings. The average Bonchev–Trinajstić information content (AvgIpc) is 3.74. The van der Waals surface area contributed by atoms with Crippen LogP contribution in [0.25, 0.3) is 44.6 Å². The van der Waals surface area contributed by atoms with Gasteiger partial charge in [-0.15, -0.1) is 0 Å². The van der Waals surface area contributed by atoms with E-state index >= 15 is 0 Å². The molecule has 0 unspecified atom stereocenters. The maximum atomic E-state index is 12.6. The third kappa shape index (κ3) is 6.41. The zero-order valence-corrected chi connectivity index (χ0v) is 26.3. The van der Waals surface area contributed by atoms with Gasteiger partial charge in [-0.25, -0.2) is 15.0 Å². The van der Waals surface area contributed by atoms with Crippen LogP contribution < -0.4 is 10.6 Å². The maximum Gasteiger partial charge on any atom is 0.234 e. The molecular formula is C33H27N7O4S2. The highest BCUT2D eigenvalue weighted by molar-refractivity contribution is 8.00. The number of oxazole rings is 1. The van der Waals surface area contributed by atoms with E-state index in [4.69, 9.17) is 4.42 Å². The fourth-order valence-electron chi connectivity index (χ4n) is 4.91. The number of nitrogens with zero attached hydrogens (tertiary/aromatic N) is 3. The molecule has 4 aromatic carbocycles. The first kappa shape index (κ1) is 29.4. The average molecular weight is 650 g/mol. The molecule has 0 saturated carbocycles. The molecule has 2 amide bonds. The van der Waals surface area contributed by atoms with Gasteiger partial charge in [0.2, 0.25) is 17.7 Å². The highest BCUT2D eigenvalue weighted by Gasteiger charge is 2.16. The van der Waals surface area contributed by atoms with Crippen LogP contribution in [0.15, 0.2) is 87.5 Å². The van der Waals surface area contributed by atoms with E-state index < -0.39 is 0 Å². The van der Waals surface area contributed by atoms with Crippen molar-refractivity contribution in [3.05, 3.63) is 83.9 Å². The number of carbonyl (C=O) groups is 2. The first-order chi connectivity index (χ1) is 22.3. The van der Waals surface area contributed by atoms with Crippen molar-refractivity contribution in [2.75, 3.05) is 22.1 Å². The summed E-state index contributed by atoms with van der Waals surface area (Å²) in [4.78, 5) is 45.2. The molecule has 46 heavy (non-hydrogen) atoms. The molecule has 230 valence electrons. The normalized spacial score (nSPS) is 11.4. The van der Waals surface area contributed by atoms with Gasteiger partial charge in [-0.2, -0.15) is 0 Å². The van der Waals surface area contributed by atoms with E-state index in [0.717, 1.165) is 33.2 Å². The smallest absolute Gasteiger partial charge is 0.234 e. The minimum Gasteiger partial charge on any atom is -0.507 e. The van der Waals surface area contributed by atoms with Gasteiger partial charge in [-0.1, -0.05) is 35.7 Å². The second-order valence-electron chi connectivity index (χ2n) is 10.7. The van der Waals surface area contributed by atoms with Crippen molar-refractivity contribution in [3.8, 4) is 17.2 Å². The highest BCUT2D eigenvalue weighted by atomic mass is 32.2. The van der Waals surface area contributed by atoms with E-state index in [1.807, 2.05) is 50.2 Å². The Morgan fingerprint density at radius 1 is 0.717 bits per heavy atom. The van der Waals surface area contributed by atoms with Crippen molar-refractivity contribution < 1.29 is 19.1 Å². The number of amides is 2. The molecule has 11 nitrogen and oxygen atoms in total. The molecule has 0 bridgehead atoms. The number of aryl methyl sites for hydroxylation is 2. The second-order valence-corrected chi connectivity index (χ2v) is 12.7. The van der Waals surface area contributed by atoms with Crippen LogP contribution in [0.4, 0.5) is 11.4 Å². The fourth-order valence-corrected chi connectivity index (χ4v) is 6.28. The van der Waals surface area contributed by atoms with Crippen molar-refractivity contribution in [1.82, 2.24) is 24.9 Å². The Morgan fingerprint density at radius 2 is 1.28 bits per heavy atom. The predicted molar refractivity (Wildman–Crippen MR) is 181 cm³/mol. The van der Waals surface area contributed by atoms with E-state index in [1.165, 1.54) is 29.6 Å². The van der Waals surface area contributed by atoms with Crippen LogP contribution in [0.5, 0.6) is 5.75 Å². The Kier molecular flexibility index (Phi) is 7.84. The maximum absolute atomic E-state index is 12.6. The summed E-state index contributed by atoms with van der Waals surface area (Å²) >= 11 is 2.62. The number of aromatic amines is 2. The number of anilines is 2. The van der Waals surface area contributed by atoms with Gasteiger partial charge >= 0.3 is 0 Å². The fraction of sp³-hybridized carbons (Fsp3) is 0.121. The number of imidazole rings is 2. The molecule has 13 heteroatoms. The lowest BCUT2D eigenvalue weighted by Gasteiger charge is -2.07. The van der Waals surface area contributed by atoms with Crippen LogP contribution in [-0.4, -0.2) is 53.3 Å². The summed E-state index contributed by atoms with van der Waals surface area (Å²) < 4.78 is 5.88. The molecule has 0 fully saturated rings. The summed E-state index contributed by atoms with van der Waals surface area (Å²) in [6.45, 7) is 4.03. The summed E-state index contributed by atoms with van der Waals surface area (Å²) in [5.41, 5.74) is 8.20. The van der Waals surface area contributed by atoms with Crippen molar-refractivity contribution >= 4 is 79.9 Å². The Balaban J connectivity index is 0.960. The Labute approximate surface area is 270 Å². The lowest BCUT2D eigenvalue weighted by atomic mass is 10.2. The molecule has 0 radical (unpaired) electrons. The minimum atomic E-state index is -0.240. The number of nitrogens with one attached hydrogen (secondary N) is 4. The second kappa shape index (κ2) is 12.3. The first-order valence-electron chi connectivity index (χ1n) is 14.3. The standard InChI is InChI=1S/C33H27N7O4S2/c1-17-3-8-22-24(11-17)39-32(37-22)45-15-29(42)34-19-6-10-28-26(13-19)36-31(44-28)21-7-5-20(14-27(21)41)35-30(43)16-46-33-38-23-9-4-18(2)12-25(23)40-33/h3-14,41H,15-16H2,1-2H3,(H,34,42)(H,35,43)(H,37,39)(H,38,40). The number of aromatic hydroxyl groups is 1. The number of hydrogen-bond acceptors (Lipinski definition) is 9. The molecule has 3 heterocycles. The molecule has 7 rings (SSSR count). The Bertz CT molecular complexity index is 2270. The summed E-state index contributed by atoms with van der Waals surface area (Å²) in [7, 11) is 0. The molecule has 5 N–H and O–H groups in total. The number of phenolic OH excluding ortho intramolecular Hbond substituents is 1. The number of phenols is 1. The van der Waals surface area contributed by atoms with Gasteiger partial charge in [0.25, 0.3) is 0 Å². The predicted octanol–water partition coefficient (Wildman–Crippen LogP) is 7.03. The summed E-state index contributed by atoms with van der Waals surface area (Å²) in [5.74, 6) is -0.00175. The van der Waals surface area contributed by atoms with Crippen molar-refractivity contribution in [2.24, 2.45) is 0 Å². The van der Waals surface area contributed by atoms with Crippen LogP contribution in [-0.2, 0) is 9.59 Å². The Morgan fingerprint density at radius 3 is 1.87 bits per heavy atom. The third-order valence-electron chi connectivity index (χ3n) is 7.09. The lowest BCUT2D eigenvalue weighted by Crippen LogP contribution is -2.14. The number of thioether (sulfide) groups is 2. The van der Waals surface area contributed by atoms with Crippen molar-refractivity contribution in [2.45, 2.75) is 24.2 Å². The van der Waals surface area contributed by atoms with Gasteiger partial charge in [-0.05, 0) is 79.6 Å². The van der Waals surface area contributed by atoms with Gasteiger partial charge in [0.1, 0.15) is 11.3 Å². The molecule has 0 aliphatic heterocycles. The molecule has 0 spiro atoms. The van der Waals surface area contributed by atoms with Crippen LogP contribution in [0.1, 0.15) is 11.1 Å². The van der Waals surface area contributed by atoms with Gasteiger partial charge in [0.15, 0.2) is 15.9 Å². The lowest BCUT2D eigenvalue weighted by molar-refractivity contribution is -0.114. The highest BCUT2D eigenvalue weighted by Crippen LogP contribution is 2.34. The van der Waals surface area contributed by atoms with Gasteiger partial charge in [0.05, 0.1) is 39.1 Å². The van der Waals surface area contributed by atoms with Crippen molar-refractivity contribution in [3.63, 3.8) is 0 Å². The number of H-pyrrole nitrogens is 2. The molecule has 7 aromatic rings. The van der Waals surface area contributed by atoms with E-state index in [-0.39, 0.29) is 35.0 Å². The first-order valence-corrected chi connectivity index (χ1v) is 16.2. The van der Waals surface area contributed by atoms with Gasteiger partial charge in [0, 0.05) is 17.4 Å². The molecule has 0 aliphatic carbocycles. The van der Waals surface area contributed by atoms with Gasteiger partial charge in [-0.3, -0.25) is 9.59 Å². The number of benzene rings is 4. The number of fused-ring (bicyclic) bond motifs is 3. The molecule has 0 saturated heterocycles. The molecular weight excluding hydrogens is 623 g/mol. The van der Waals surface area contributed by atoms with Crippen LogP contribution in [0.2, 0.25) is 0 Å². The van der Waals surface area contributed by atoms with Crippen LogP contribution >= 0.6 is 23.5 Å². The summed E-state index contributed by atoms with van der Waals surface area (Å²) in [6.07, 6.45) is 0. The van der Waals surface area contributed by atoms with Crippen LogP contribution in [0.3, 0.4) is 0 Å². The number of aromatic nitrogens is 5.